The Labute approximate surface area is 179 Å². The quantitative estimate of drug-likeness (QED) is 0.736. The van der Waals surface area contributed by atoms with Crippen LogP contribution < -0.4 is 10.1 Å². The molecule has 1 fully saturated rings. The molecule has 3 atom stereocenters. The molecule has 0 bridgehead atoms. The Morgan fingerprint density at radius 2 is 2.07 bits per heavy atom. The van der Waals surface area contributed by atoms with Crippen LogP contribution in [0.5, 0.6) is 5.75 Å². The maximum absolute atomic E-state index is 10.1. The number of aliphatic hydroxyl groups excluding tert-OH is 1. The zero-order valence-corrected chi connectivity index (χ0v) is 17.8. The van der Waals surface area contributed by atoms with Gasteiger partial charge in [0.25, 0.3) is 0 Å². The number of nitrogens with zero attached hydrogens (tertiary/aromatic N) is 1. The highest BCUT2D eigenvalue weighted by atomic mass is 16.5. The Kier molecular flexibility index (Phi) is 5.53. The lowest BCUT2D eigenvalue weighted by Gasteiger charge is -2.39. The molecular formula is C26H32N2O2. The first kappa shape index (κ1) is 19.7. The zero-order valence-electron chi connectivity index (χ0n) is 17.8. The standard InChI is InChI=1S/C26H32N2O2/c1-30-25-10-6-5-9-20(25)16-28-14-13-21-24(17-29)27-23-12-11-19(15-22(23)26(21)28)18-7-3-2-4-8-18/h5-7,9-12,15,21,24,26-27,29H,2-4,8,13-14,16-17H2,1H3/t21-,24+,26-/m0/s1. The van der Waals surface area contributed by atoms with Crippen LogP contribution in [-0.4, -0.2) is 36.3 Å². The van der Waals surface area contributed by atoms with Crippen molar-refractivity contribution in [3.05, 3.63) is 65.2 Å². The number of ether oxygens (including phenoxy) is 1. The molecule has 0 radical (unpaired) electrons. The molecule has 0 unspecified atom stereocenters. The lowest BCUT2D eigenvalue weighted by Crippen LogP contribution is -2.41. The zero-order chi connectivity index (χ0) is 20.5. The van der Waals surface area contributed by atoms with E-state index in [1.807, 2.05) is 12.1 Å². The van der Waals surface area contributed by atoms with Gasteiger partial charge in [0.1, 0.15) is 5.75 Å². The van der Waals surface area contributed by atoms with Crippen molar-refractivity contribution in [2.75, 3.05) is 25.6 Å². The summed E-state index contributed by atoms with van der Waals surface area (Å²) < 4.78 is 5.62. The van der Waals surface area contributed by atoms with Crippen LogP contribution >= 0.6 is 0 Å². The number of para-hydroxylation sites is 1. The fourth-order valence-corrected chi connectivity index (χ4v) is 5.69. The average molecular weight is 405 g/mol. The summed E-state index contributed by atoms with van der Waals surface area (Å²) in [5.74, 6) is 1.38. The molecule has 0 saturated carbocycles. The fraction of sp³-hybridized carbons (Fsp3) is 0.462. The monoisotopic (exact) mass is 404 g/mol. The summed E-state index contributed by atoms with van der Waals surface area (Å²) in [5.41, 5.74) is 6.68. The van der Waals surface area contributed by atoms with Gasteiger partial charge in [0, 0.05) is 29.8 Å². The third kappa shape index (κ3) is 3.52. The van der Waals surface area contributed by atoms with Gasteiger partial charge in [0.15, 0.2) is 0 Å². The van der Waals surface area contributed by atoms with Crippen molar-refractivity contribution in [2.45, 2.75) is 50.7 Å². The number of hydrogen-bond donors (Lipinski definition) is 2. The van der Waals surface area contributed by atoms with E-state index in [4.69, 9.17) is 4.74 Å². The molecular weight excluding hydrogens is 372 g/mol. The van der Waals surface area contributed by atoms with Gasteiger partial charge in [0.2, 0.25) is 0 Å². The molecule has 2 aliphatic heterocycles. The molecule has 1 saturated heterocycles. The van der Waals surface area contributed by atoms with E-state index in [0.717, 1.165) is 25.3 Å². The van der Waals surface area contributed by atoms with Gasteiger partial charge in [-0.3, -0.25) is 4.90 Å². The van der Waals surface area contributed by atoms with E-state index in [9.17, 15) is 5.11 Å². The van der Waals surface area contributed by atoms with E-state index in [1.54, 1.807) is 7.11 Å². The maximum atomic E-state index is 10.1. The van der Waals surface area contributed by atoms with Crippen LogP contribution in [0.3, 0.4) is 0 Å². The van der Waals surface area contributed by atoms with Gasteiger partial charge in [-0.1, -0.05) is 30.3 Å². The van der Waals surface area contributed by atoms with Crippen molar-refractivity contribution in [3.63, 3.8) is 0 Å². The predicted molar refractivity (Wildman–Crippen MR) is 122 cm³/mol. The molecule has 2 aromatic carbocycles. The van der Waals surface area contributed by atoms with Crippen LogP contribution in [0.25, 0.3) is 5.57 Å². The summed E-state index contributed by atoms with van der Waals surface area (Å²) in [6.45, 7) is 2.09. The highest BCUT2D eigenvalue weighted by Crippen LogP contribution is 2.48. The van der Waals surface area contributed by atoms with E-state index >= 15 is 0 Å². The minimum Gasteiger partial charge on any atom is -0.496 e. The van der Waals surface area contributed by atoms with Crippen molar-refractivity contribution in [3.8, 4) is 5.75 Å². The topological polar surface area (TPSA) is 44.7 Å². The SMILES string of the molecule is COc1ccccc1CN1CC[C@@H]2[C@H]1c1cc(C3=CCCCC3)ccc1N[C@@H]2CO. The second-order valence-electron chi connectivity index (χ2n) is 8.89. The van der Waals surface area contributed by atoms with Crippen molar-refractivity contribution in [2.24, 2.45) is 5.92 Å². The Morgan fingerprint density at radius 1 is 1.17 bits per heavy atom. The third-order valence-corrected chi connectivity index (χ3v) is 7.20. The van der Waals surface area contributed by atoms with Gasteiger partial charge < -0.3 is 15.2 Å². The number of likely N-dealkylation sites (tertiary alicyclic amines) is 1. The summed E-state index contributed by atoms with van der Waals surface area (Å²) in [6.07, 6.45) is 8.51. The van der Waals surface area contributed by atoms with Gasteiger partial charge in [0.05, 0.1) is 19.8 Å². The minimum atomic E-state index is 0.116. The molecule has 3 aliphatic rings. The molecule has 4 heteroatoms. The molecule has 2 aromatic rings. The lowest BCUT2D eigenvalue weighted by molar-refractivity contribution is 0.171. The molecule has 158 valence electrons. The highest BCUT2D eigenvalue weighted by molar-refractivity contribution is 5.71. The van der Waals surface area contributed by atoms with E-state index in [-0.39, 0.29) is 12.6 Å². The fourth-order valence-electron chi connectivity index (χ4n) is 5.69. The van der Waals surface area contributed by atoms with Crippen LogP contribution in [0, 0.1) is 5.92 Å². The first-order chi connectivity index (χ1) is 14.8. The number of benzene rings is 2. The predicted octanol–water partition coefficient (Wildman–Crippen LogP) is 5.00. The van der Waals surface area contributed by atoms with Crippen molar-refractivity contribution in [1.29, 1.82) is 0 Å². The molecule has 1 aliphatic carbocycles. The van der Waals surface area contributed by atoms with Crippen LogP contribution in [0.2, 0.25) is 0 Å². The minimum absolute atomic E-state index is 0.116. The Bertz CT molecular complexity index is 938. The number of allylic oxidation sites excluding steroid dienone is 2. The summed E-state index contributed by atoms with van der Waals surface area (Å²) in [6, 6.07) is 15.7. The molecule has 2 heterocycles. The van der Waals surface area contributed by atoms with E-state index < -0.39 is 0 Å². The van der Waals surface area contributed by atoms with E-state index in [2.05, 4.69) is 46.6 Å². The normalized spacial score (nSPS) is 25.8. The first-order valence-electron chi connectivity index (χ1n) is 11.3. The summed E-state index contributed by atoms with van der Waals surface area (Å²) in [7, 11) is 1.75. The number of aliphatic hydroxyl groups is 1. The van der Waals surface area contributed by atoms with Gasteiger partial charge >= 0.3 is 0 Å². The Balaban J connectivity index is 1.51. The van der Waals surface area contributed by atoms with Crippen LogP contribution in [0.4, 0.5) is 5.69 Å². The molecule has 2 N–H and O–H groups in total. The summed E-state index contributed by atoms with van der Waals surface area (Å²) in [4.78, 5) is 2.59. The summed E-state index contributed by atoms with van der Waals surface area (Å²) >= 11 is 0. The highest BCUT2D eigenvalue weighted by Gasteiger charge is 2.44. The number of rotatable bonds is 5. The summed E-state index contributed by atoms with van der Waals surface area (Å²) in [5, 5.41) is 13.7. The molecule has 0 aromatic heterocycles. The van der Waals surface area contributed by atoms with Crippen LogP contribution in [0.15, 0.2) is 48.5 Å². The third-order valence-electron chi connectivity index (χ3n) is 7.20. The lowest BCUT2D eigenvalue weighted by atomic mass is 9.81. The smallest absolute Gasteiger partial charge is 0.123 e. The Morgan fingerprint density at radius 3 is 2.87 bits per heavy atom. The van der Waals surface area contributed by atoms with Crippen LogP contribution in [0.1, 0.15) is 54.8 Å². The average Bonchev–Trinajstić information content (AvgIpc) is 3.23. The second kappa shape index (κ2) is 8.44. The Hall–Kier alpha value is -2.30. The molecule has 4 nitrogen and oxygen atoms in total. The second-order valence-corrected chi connectivity index (χ2v) is 8.89. The number of anilines is 1. The van der Waals surface area contributed by atoms with Gasteiger partial charge in [-0.15, -0.1) is 0 Å². The van der Waals surface area contributed by atoms with Gasteiger partial charge in [-0.2, -0.15) is 0 Å². The van der Waals surface area contributed by atoms with E-state index in [0.29, 0.717) is 12.0 Å². The van der Waals surface area contributed by atoms with E-state index in [1.165, 1.54) is 53.6 Å². The maximum Gasteiger partial charge on any atom is 0.123 e. The van der Waals surface area contributed by atoms with Crippen molar-refractivity contribution in [1.82, 2.24) is 4.90 Å². The number of methoxy groups -OCH3 is 1. The van der Waals surface area contributed by atoms with Crippen LogP contribution in [-0.2, 0) is 6.54 Å². The number of fused-ring (bicyclic) bond motifs is 3. The largest absolute Gasteiger partial charge is 0.496 e. The number of nitrogens with one attached hydrogen (secondary N) is 1. The molecule has 30 heavy (non-hydrogen) atoms. The van der Waals surface area contributed by atoms with Gasteiger partial charge in [-0.05, 0) is 73.5 Å². The van der Waals surface area contributed by atoms with Gasteiger partial charge in [-0.25, -0.2) is 0 Å². The van der Waals surface area contributed by atoms with Crippen molar-refractivity contribution >= 4 is 11.3 Å². The molecule has 0 amide bonds. The van der Waals surface area contributed by atoms with Crippen molar-refractivity contribution < 1.29 is 9.84 Å². The molecule has 5 rings (SSSR count). The number of hydrogen-bond acceptors (Lipinski definition) is 4. The first-order valence-corrected chi connectivity index (χ1v) is 11.3. The molecule has 0 spiro atoms.